The summed E-state index contributed by atoms with van der Waals surface area (Å²) < 4.78 is 0. The van der Waals surface area contributed by atoms with Gasteiger partial charge in [-0.1, -0.05) is 57.3 Å². The molecule has 2 saturated heterocycles. The molecule has 0 saturated carbocycles. The van der Waals surface area contributed by atoms with E-state index in [4.69, 9.17) is 12.2 Å². The number of fused-ring (bicyclic) bond motifs is 2. The molecule has 3 N–H and O–H groups in total. The van der Waals surface area contributed by atoms with Gasteiger partial charge >= 0.3 is 0 Å². The molecule has 6 atom stereocenters. The van der Waals surface area contributed by atoms with Gasteiger partial charge in [0.05, 0.1) is 22.4 Å². The van der Waals surface area contributed by atoms with Crippen molar-refractivity contribution < 1.29 is 9.59 Å². The predicted octanol–water partition coefficient (Wildman–Crippen LogP) is 3.41. The van der Waals surface area contributed by atoms with Crippen molar-refractivity contribution in [2.75, 3.05) is 12.8 Å². The number of benzene rings is 1. The van der Waals surface area contributed by atoms with E-state index in [0.717, 1.165) is 25.0 Å². The van der Waals surface area contributed by atoms with Crippen LogP contribution in [0, 0.1) is 11.3 Å². The average Bonchev–Trinajstić information content (AvgIpc) is 3.00. The van der Waals surface area contributed by atoms with Crippen LogP contribution >= 0.6 is 24.0 Å². The zero-order valence-electron chi connectivity index (χ0n) is 20.9. The summed E-state index contributed by atoms with van der Waals surface area (Å²) in [5.74, 6) is 1.16. The van der Waals surface area contributed by atoms with Crippen LogP contribution in [0.1, 0.15) is 64.1 Å². The van der Waals surface area contributed by atoms with Crippen LogP contribution in [0.3, 0.4) is 0 Å². The second-order valence-electron chi connectivity index (χ2n) is 10.7. The number of amides is 2. The molecule has 2 amide bonds. The fourth-order valence-electron chi connectivity index (χ4n) is 5.65. The smallest absolute Gasteiger partial charge is 0.246 e. The first-order valence-electron chi connectivity index (χ1n) is 12.4. The van der Waals surface area contributed by atoms with E-state index in [1.807, 2.05) is 24.9 Å². The van der Waals surface area contributed by atoms with E-state index in [9.17, 15) is 9.59 Å². The van der Waals surface area contributed by atoms with Gasteiger partial charge in [0.1, 0.15) is 12.1 Å². The Bertz CT molecular complexity index is 952. The lowest BCUT2D eigenvalue weighted by atomic mass is 9.79. The molecule has 186 valence electrons. The summed E-state index contributed by atoms with van der Waals surface area (Å²) in [6, 6.07) is 7.46. The monoisotopic (exact) mass is 502 g/mol. The number of hydrogen-bond acceptors (Lipinski definition) is 5. The fourth-order valence-corrected chi connectivity index (χ4v) is 7.49. The maximum Gasteiger partial charge on any atom is 0.246 e. The second kappa shape index (κ2) is 10.2. The molecule has 0 bridgehead atoms. The lowest BCUT2D eigenvalue weighted by Gasteiger charge is -2.37. The van der Waals surface area contributed by atoms with Gasteiger partial charge in [-0.15, -0.1) is 11.8 Å². The molecule has 3 aliphatic rings. The van der Waals surface area contributed by atoms with E-state index in [0.29, 0.717) is 17.3 Å². The van der Waals surface area contributed by atoms with Gasteiger partial charge in [-0.05, 0) is 67.9 Å². The van der Waals surface area contributed by atoms with Crippen molar-refractivity contribution in [2.45, 2.75) is 82.9 Å². The van der Waals surface area contributed by atoms with Crippen molar-refractivity contribution in [1.82, 2.24) is 20.9 Å². The standard InChI is InChI=1S/C26H38N4O2S2/c1-15-10-11-17-8-6-7-9-18(17)21(15)29-23(31)22-26(3,4)14-20-30(22)25(32)19(12-13-34-20)28-24(33)16(2)27-5/h6-9,15-16,19-22,27H,10-14H2,1-5H3,(H,28,33)(H,29,31)/t15?,16-,19-,20-,21+,22+/m0/s1. The Kier molecular flexibility index (Phi) is 7.60. The van der Waals surface area contributed by atoms with Crippen LogP contribution in [0.25, 0.3) is 0 Å². The summed E-state index contributed by atoms with van der Waals surface area (Å²) in [7, 11) is 1.85. The first kappa shape index (κ1) is 25.5. The highest BCUT2D eigenvalue weighted by molar-refractivity contribution is 7.99. The fraction of sp³-hybridized carbons (Fsp3) is 0.654. The number of aryl methyl sites for hydroxylation is 1. The molecular formula is C26H38N4O2S2. The largest absolute Gasteiger partial charge is 0.367 e. The molecule has 34 heavy (non-hydrogen) atoms. The van der Waals surface area contributed by atoms with Crippen LogP contribution in [0.4, 0.5) is 0 Å². The minimum absolute atomic E-state index is 0.0106. The predicted molar refractivity (Wildman–Crippen MR) is 143 cm³/mol. The Labute approximate surface area is 213 Å². The van der Waals surface area contributed by atoms with E-state index in [1.165, 1.54) is 11.1 Å². The summed E-state index contributed by atoms with van der Waals surface area (Å²) in [5.41, 5.74) is 2.21. The molecule has 1 aromatic carbocycles. The first-order valence-corrected chi connectivity index (χ1v) is 13.9. The topological polar surface area (TPSA) is 73.5 Å². The van der Waals surface area contributed by atoms with Crippen molar-refractivity contribution in [1.29, 1.82) is 0 Å². The van der Waals surface area contributed by atoms with Gasteiger partial charge in [0.2, 0.25) is 11.8 Å². The van der Waals surface area contributed by atoms with Crippen LogP contribution in [0.15, 0.2) is 24.3 Å². The number of thiocarbonyl (C=S) groups is 1. The molecular weight excluding hydrogens is 464 g/mol. The molecule has 0 spiro atoms. The van der Waals surface area contributed by atoms with Gasteiger partial charge in [0.15, 0.2) is 0 Å². The Balaban J connectivity index is 1.58. The van der Waals surface area contributed by atoms with Crippen molar-refractivity contribution in [3.8, 4) is 0 Å². The molecule has 1 aliphatic carbocycles. The zero-order valence-corrected chi connectivity index (χ0v) is 22.5. The zero-order chi connectivity index (χ0) is 24.6. The van der Waals surface area contributed by atoms with E-state index in [2.05, 4.69) is 54.9 Å². The minimum Gasteiger partial charge on any atom is -0.367 e. The summed E-state index contributed by atoms with van der Waals surface area (Å²) in [5, 5.41) is 9.82. The van der Waals surface area contributed by atoms with Crippen molar-refractivity contribution in [2.24, 2.45) is 11.3 Å². The lowest BCUT2D eigenvalue weighted by molar-refractivity contribution is -0.142. The third kappa shape index (κ3) is 4.86. The third-order valence-corrected chi connectivity index (χ3v) is 9.54. The maximum atomic E-state index is 13.9. The van der Waals surface area contributed by atoms with Gasteiger partial charge in [-0.2, -0.15) is 0 Å². The summed E-state index contributed by atoms with van der Waals surface area (Å²) in [6.45, 7) is 8.43. The Morgan fingerprint density at radius 2 is 1.97 bits per heavy atom. The average molecular weight is 503 g/mol. The van der Waals surface area contributed by atoms with E-state index in [1.54, 1.807) is 11.8 Å². The van der Waals surface area contributed by atoms with E-state index in [-0.39, 0.29) is 34.7 Å². The van der Waals surface area contributed by atoms with Crippen LogP contribution in [-0.4, -0.2) is 58.0 Å². The highest BCUT2D eigenvalue weighted by Gasteiger charge is 2.54. The van der Waals surface area contributed by atoms with Crippen LogP contribution in [0.2, 0.25) is 0 Å². The van der Waals surface area contributed by atoms with Gasteiger partial charge < -0.3 is 20.9 Å². The van der Waals surface area contributed by atoms with Crippen molar-refractivity contribution >= 4 is 40.8 Å². The number of carbonyl (C=O) groups is 2. The molecule has 2 aliphatic heterocycles. The summed E-state index contributed by atoms with van der Waals surface area (Å²) >= 11 is 7.32. The third-order valence-electron chi connectivity index (χ3n) is 7.82. The number of hydrogen-bond donors (Lipinski definition) is 3. The van der Waals surface area contributed by atoms with Gasteiger partial charge in [0, 0.05) is 0 Å². The highest BCUT2D eigenvalue weighted by Crippen LogP contribution is 2.46. The lowest BCUT2D eigenvalue weighted by Crippen LogP contribution is -2.58. The molecule has 1 unspecified atom stereocenters. The number of nitrogens with zero attached hydrogens (tertiary/aromatic N) is 1. The number of thioether (sulfide) groups is 1. The Morgan fingerprint density at radius 3 is 2.71 bits per heavy atom. The van der Waals surface area contributed by atoms with Crippen molar-refractivity contribution in [3.05, 3.63) is 35.4 Å². The number of likely N-dealkylation sites (N-methyl/N-ethyl adjacent to an activating group) is 1. The quantitative estimate of drug-likeness (QED) is 0.536. The molecule has 0 radical (unpaired) electrons. The number of nitrogens with one attached hydrogen (secondary N) is 3. The summed E-state index contributed by atoms with van der Waals surface area (Å²) in [4.78, 5) is 30.2. The minimum atomic E-state index is -0.503. The normalized spacial score (nSPS) is 31.1. The van der Waals surface area contributed by atoms with Crippen LogP contribution < -0.4 is 16.0 Å². The van der Waals surface area contributed by atoms with Crippen LogP contribution in [-0.2, 0) is 16.0 Å². The Morgan fingerprint density at radius 1 is 1.24 bits per heavy atom. The molecule has 4 rings (SSSR count). The van der Waals surface area contributed by atoms with E-state index >= 15 is 0 Å². The number of carbonyl (C=O) groups excluding carboxylic acids is 2. The molecule has 8 heteroatoms. The maximum absolute atomic E-state index is 13.9. The Hall–Kier alpha value is -1.64. The molecule has 2 fully saturated rings. The molecule has 0 aromatic heterocycles. The number of rotatable bonds is 5. The SMILES string of the molecule is CN[C@@H](C)C(=S)N[C@H]1CCS[C@H]2CC(C)(C)[C@@H](C(=O)N[C@H]3c4ccccc4CCC3C)N2C1=O. The first-order chi connectivity index (χ1) is 16.1. The van der Waals surface area contributed by atoms with Gasteiger partial charge in [-0.3, -0.25) is 9.59 Å². The summed E-state index contributed by atoms with van der Waals surface area (Å²) in [6.07, 6.45) is 3.60. The second-order valence-corrected chi connectivity index (χ2v) is 12.5. The molecule has 1 aromatic rings. The van der Waals surface area contributed by atoms with Gasteiger partial charge in [0.25, 0.3) is 0 Å². The van der Waals surface area contributed by atoms with E-state index < -0.39 is 12.1 Å². The van der Waals surface area contributed by atoms with Gasteiger partial charge in [-0.25, -0.2) is 0 Å². The molecule has 2 heterocycles. The molecule has 6 nitrogen and oxygen atoms in total. The van der Waals surface area contributed by atoms with Crippen LogP contribution in [0.5, 0.6) is 0 Å². The highest BCUT2D eigenvalue weighted by atomic mass is 32.2. The van der Waals surface area contributed by atoms with Crippen molar-refractivity contribution in [3.63, 3.8) is 0 Å².